The predicted octanol–water partition coefficient (Wildman–Crippen LogP) is 3.04. The van der Waals surface area contributed by atoms with E-state index in [2.05, 4.69) is 20.2 Å². The third-order valence-electron chi connectivity index (χ3n) is 4.86. The number of aryl methyl sites for hydroxylation is 1. The summed E-state index contributed by atoms with van der Waals surface area (Å²) in [6.07, 6.45) is 1.56. The maximum Gasteiger partial charge on any atom is 0.255 e. The second kappa shape index (κ2) is 7.82. The minimum absolute atomic E-state index is 0.165. The molecule has 0 bridgehead atoms. The smallest absolute Gasteiger partial charge is 0.255 e. The standard InChI is InChI=1S/C21H22N4O3/c1-14-11-16(27-2)4-6-17(14)21(26)24-15-3-5-18-19(12-15)22-13-23-20(18)25-7-9-28-10-8-25/h3-6,11-13H,7-10H2,1-2H3,(H,24,26). The second-order valence-electron chi connectivity index (χ2n) is 6.66. The van der Waals surface area contributed by atoms with Crippen LogP contribution in [-0.4, -0.2) is 49.3 Å². The minimum Gasteiger partial charge on any atom is -0.497 e. The van der Waals surface area contributed by atoms with Gasteiger partial charge in [-0.05, 0) is 48.9 Å². The van der Waals surface area contributed by atoms with Crippen LogP contribution in [-0.2, 0) is 4.74 Å². The van der Waals surface area contributed by atoms with Crippen LogP contribution in [0.3, 0.4) is 0 Å². The van der Waals surface area contributed by atoms with Crippen molar-refractivity contribution >= 4 is 28.3 Å². The van der Waals surface area contributed by atoms with Crippen LogP contribution in [0.15, 0.2) is 42.7 Å². The summed E-state index contributed by atoms with van der Waals surface area (Å²) in [6, 6.07) is 11.1. The lowest BCUT2D eigenvalue weighted by molar-refractivity contribution is 0.102. The first-order valence-corrected chi connectivity index (χ1v) is 9.19. The third kappa shape index (κ3) is 3.61. The van der Waals surface area contributed by atoms with Gasteiger partial charge < -0.3 is 19.7 Å². The molecule has 1 N–H and O–H groups in total. The van der Waals surface area contributed by atoms with Crippen LogP contribution in [0.4, 0.5) is 11.5 Å². The van der Waals surface area contributed by atoms with Gasteiger partial charge in [0.15, 0.2) is 0 Å². The van der Waals surface area contributed by atoms with Crippen LogP contribution < -0.4 is 15.0 Å². The number of carbonyl (C=O) groups excluding carboxylic acids is 1. The average molecular weight is 378 g/mol. The average Bonchev–Trinajstić information content (AvgIpc) is 2.73. The summed E-state index contributed by atoms with van der Waals surface area (Å²) in [7, 11) is 1.61. The van der Waals surface area contributed by atoms with E-state index in [-0.39, 0.29) is 5.91 Å². The molecule has 1 saturated heterocycles. The lowest BCUT2D eigenvalue weighted by atomic mass is 10.1. The predicted molar refractivity (Wildman–Crippen MR) is 108 cm³/mol. The molecule has 0 aliphatic carbocycles. The Morgan fingerprint density at radius 3 is 2.71 bits per heavy atom. The number of hydrogen-bond acceptors (Lipinski definition) is 6. The van der Waals surface area contributed by atoms with E-state index < -0.39 is 0 Å². The molecule has 2 heterocycles. The normalized spacial score (nSPS) is 14.1. The van der Waals surface area contributed by atoms with Gasteiger partial charge in [-0.25, -0.2) is 9.97 Å². The molecule has 7 nitrogen and oxygen atoms in total. The molecular formula is C21H22N4O3. The van der Waals surface area contributed by atoms with Gasteiger partial charge in [-0.3, -0.25) is 4.79 Å². The van der Waals surface area contributed by atoms with E-state index in [4.69, 9.17) is 9.47 Å². The quantitative estimate of drug-likeness (QED) is 0.752. The number of amides is 1. The number of anilines is 2. The summed E-state index contributed by atoms with van der Waals surface area (Å²) in [5.41, 5.74) is 2.95. The van der Waals surface area contributed by atoms with E-state index in [1.54, 1.807) is 25.6 Å². The zero-order chi connectivity index (χ0) is 19.5. The van der Waals surface area contributed by atoms with E-state index in [1.165, 1.54) is 0 Å². The van der Waals surface area contributed by atoms with Gasteiger partial charge >= 0.3 is 0 Å². The number of methoxy groups -OCH3 is 1. The summed E-state index contributed by atoms with van der Waals surface area (Å²) in [5, 5.41) is 3.92. The fourth-order valence-electron chi connectivity index (χ4n) is 3.36. The molecule has 0 radical (unpaired) electrons. The first-order valence-electron chi connectivity index (χ1n) is 9.19. The Kier molecular flexibility index (Phi) is 5.08. The van der Waals surface area contributed by atoms with Crippen LogP contribution >= 0.6 is 0 Å². The van der Waals surface area contributed by atoms with Gasteiger partial charge in [0.05, 0.1) is 25.8 Å². The van der Waals surface area contributed by atoms with Crippen molar-refractivity contribution in [2.24, 2.45) is 0 Å². The van der Waals surface area contributed by atoms with Crippen molar-refractivity contribution in [2.45, 2.75) is 6.92 Å². The highest BCUT2D eigenvalue weighted by Crippen LogP contribution is 2.26. The van der Waals surface area contributed by atoms with Crippen molar-refractivity contribution in [3.05, 3.63) is 53.9 Å². The minimum atomic E-state index is -0.165. The zero-order valence-electron chi connectivity index (χ0n) is 15.9. The molecule has 1 aliphatic heterocycles. The van der Waals surface area contributed by atoms with Crippen molar-refractivity contribution < 1.29 is 14.3 Å². The maximum atomic E-state index is 12.7. The fraction of sp³-hybridized carbons (Fsp3) is 0.286. The van der Waals surface area contributed by atoms with Gasteiger partial charge in [-0.15, -0.1) is 0 Å². The van der Waals surface area contributed by atoms with Gasteiger partial charge in [-0.1, -0.05) is 0 Å². The monoisotopic (exact) mass is 378 g/mol. The number of nitrogens with one attached hydrogen (secondary N) is 1. The van der Waals surface area contributed by atoms with Crippen LogP contribution in [0, 0.1) is 6.92 Å². The van der Waals surface area contributed by atoms with Gasteiger partial charge in [0.1, 0.15) is 17.9 Å². The van der Waals surface area contributed by atoms with Crippen LogP contribution in [0.1, 0.15) is 15.9 Å². The van der Waals surface area contributed by atoms with Crippen molar-refractivity contribution in [1.29, 1.82) is 0 Å². The molecule has 0 unspecified atom stereocenters. The highest BCUT2D eigenvalue weighted by Gasteiger charge is 2.16. The van der Waals surface area contributed by atoms with Crippen molar-refractivity contribution in [1.82, 2.24) is 9.97 Å². The second-order valence-corrected chi connectivity index (χ2v) is 6.66. The number of morpholine rings is 1. The first kappa shape index (κ1) is 18.2. The molecule has 1 amide bonds. The Balaban J connectivity index is 1.59. The molecule has 4 rings (SSSR count). The van der Waals surface area contributed by atoms with Gasteiger partial charge in [-0.2, -0.15) is 0 Å². The summed E-state index contributed by atoms with van der Waals surface area (Å²) in [6.45, 7) is 4.89. The Morgan fingerprint density at radius 2 is 1.96 bits per heavy atom. The lowest BCUT2D eigenvalue weighted by Crippen LogP contribution is -2.36. The molecule has 28 heavy (non-hydrogen) atoms. The highest BCUT2D eigenvalue weighted by atomic mass is 16.5. The summed E-state index contributed by atoms with van der Waals surface area (Å²) < 4.78 is 10.6. The molecule has 0 saturated carbocycles. The number of aromatic nitrogens is 2. The van der Waals surface area contributed by atoms with Gasteiger partial charge in [0.2, 0.25) is 0 Å². The number of ether oxygens (including phenoxy) is 2. The van der Waals surface area contributed by atoms with Gasteiger partial charge in [0, 0.05) is 29.7 Å². The van der Waals surface area contributed by atoms with Crippen LogP contribution in [0.5, 0.6) is 5.75 Å². The molecule has 7 heteroatoms. The van der Waals surface area contributed by atoms with E-state index in [0.29, 0.717) is 24.5 Å². The van der Waals surface area contributed by atoms with Crippen molar-refractivity contribution in [3.63, 3.8) is 0 Å². The zero-order valence-corrected chi connectivity index (χ0v) is 15.9. The molecule has 1 fully saturated rings. The molecule has 0 spiro atoms. The molecular weight excluding hydrogens is 356 g/mol. The number of hydrogen-bond donors (Lipinski definition) is 1. The van der Waals surface area contributed by atoms with Gasteiger partial charge in [0.25, 0.3) is 5.91 Å². The molecule has 1 aliphatic rings. The van der Waals surface area contributed by atoms with Crippen molar-refractivity contribution in [2.75, 3.05) is 43.6 Å². The number of carbonyl (C=O) groups is 1. The summed E-state index contributed by atoms with van der Waals surface area (Å²) in [5.74, 6) is 1.46. The Hall–Kier alpha value is -3.19. The molecule has 2 aromatic carbocycles. The topological polar surface area (TPSA) is 76.6 Å². The third-order valence-corrected chi connectivity index (χ3v) is 4.86. The molecule has 0 atom stereocenters. The number of nitrogens with zero attached hydrogens (tertiary/aromatic N) is 3. The van der Waals surface area contributed by atoms with E-state index in [1.807, 2.05) is 31.2 Å². The Morgan fingerprint density at radius 1 is 1.14 bits per heavy atom. The fourth-order valence-corrected chi connectivity index (χ4v) is 3.36. The molecule has 144 valence electrons. The Bertz CT molecular complexity index is 1020. The van der Waals surface area contributed by atoms with Crippen molar-refractivity contribution in [3.8, 4) is 5.75 Å². The number of rotatable bonds is 4. The van der Waals surface area contributed by atoms with E-state index >= 15 is 0 Å². The summed E-state index contributed by atoms with van der Waals surface area (Å²) in [4.78, 5) is 23.7. The molecule has 3 aromatic rings. The SMILES string of the molecule is COc1ccc(C(=O)Nc2ccc3c(N4CCOCC4)ncnc3c2)c(C)c1. The highest BCUT2D eigenvalue weighted by molar-refractivity contribution is 6.06. The molecule has 1 aromatic heterocycles. The van der Waals surface area contributed by atoms with E-state index in [9.17, 15) is 4.79 Å². The number of fused-ring (bicyclic) bond motifs is 1. The largest absolute Gasteiger partial charge is 0.497 e. The van der Waals surface area contributed by atoms with E-state index in [0.717, 1.165) is 41.1 Å². The first-order chi connectivity index (χ1) is 13.7. The number of benzene rings is 2. The maximum absolute atomic E-state index is 12.7. The lowest BCUT2D eigenvalue weighted by Gasteiger charge is -2.28. The van der Waals surface area contributed by atoms with Crippen LogP contribution in [0.2, 0.25) is 0 Å². The summed E-state index contributed by atoms with van der Waals surface area (Å²) >= 11 is 0. The Labute approximate surface area is 163 Å². The van der Waals surface area contributed by atoms with Crippen LogP contribution in [0.25, 0.3) is 10.9 Å².